The van der Waals surface area contributed by atoms with Crippen molar-refractivity contribution in [2.24, 2.45) is 4.99 Å². The lowest BCUT2D eigenvalue weighted by Crippen LogP contribution is -2.52. The number of rotatable bonds is 4. The van der Waals surface area contributed by atoms with E-state index in [2.05, 4.69) is 36.3 Å². The van der Waals surface area contributed by atoms with Gasteiger partial charge in [0.25, 0.3) is 0 Å². The number of piperazine rings is 1. The maximum absolute atomic E-state index is 5.47. The summed E-state index contributed by atoms with van der Waals surface area (Å²) in [5.41, 5.74) is 1.88. The average molecular weight is 504 g/mol. The van der Waals surface area contributed by atoms with Crippen LogP contribution in [-0.2, 0) is 6.54 Å². The van der Waals surface area contributed by atoms with E-state index in [0.717, 1.165) is 55.0 Å². The zero-order chi connectivity index (χ0) is 19.2. The number of guanidine groups is 1. The first-order valence-corrected chi connectivity index (χ1v) is 9.46. The van der Waals surface area contributed by atoms with Crippen molar-refractivity contribution in [2.75, 3.05) is 38.1 Å². The van der Waals surface area contributed by atoms with E-state index in [4.69, 9.17) is 4.52 Å². The summed E-state index contributed by atoms with van der Waals surface area (Å²) in [4.78, 5) is 13.4. The number of halogens is 1. The second-order valence-electron chi connectivity index (χ2n) is 6.61. The molecule has 2 aromatic heterocycles. The molecule has 3 aromatic rings. The Morgan fingerprint density at radius 3 is 2.52 bits per heavy atom. The maximum atomic E-state index is 5.47. The zero-order valence-corrected chi connectivity index (χ0v) is 18.7. The molecular formula is C21H25IN6O. The van der Waals surface area contributed by atoms with Crippen LogP contribution in [0.3, 0.4) is 0 Å². The smallest absolute Gasteiger partial charge is 0.194 e. The number of anilines is 1. The minimum Gasteiger partial charge on any atom is -0.356 e. The highest BCUT2D eigenvalue weighted by Crippen LogP contribution is 2.19. The van der Waals surface area contributed by atoms with Crippen LogP contribution < -0.4 is 10.2 Å². The fraction of sp³-hybridized carbons (Fsp3) is 0.286. The van der Waals surface area contributed by atoms with Gasteiger partial charge in [0.05, 0.1) is 6.54 Å². The molecule has 0 aliphatic carbocycles. The number of hydrogen-bond acceptors (Lipinski definition) is 5. The Morgan fingerprint density at radius 2 is 1.83 bits per heavy atom. The van der Waals surface area contributed by atoms with E-state index in [1.54, 1.807) is 0 Å². The van der Waals surface area contributed by atoms with E-state index < -0.39 is 0 Å². The van der Waals surface area contributed by atoms with Crippen LogP contribution in [0.2, 0.25) is 0 Å². The monoisotopic (exact) mass is 504 g/mol. The molecule has 0 amide bonds. The Labute approximate surface area is 187 Å². The van der Waals surface area contributed by atoms with Crippen molar-refractivity contribution in [1.82, 2.24) is 20.4 Å². The molecule has 0 saturated carbocycles. The van der Waals surface area contributed by atoms with Gasteiger partial charge >= 0.3 is 0 Å². The normalized spacial score (nSPS) is 14.4. The molecule has 7 nitrogen and oxygen atoms in total. The number of benzene rings is 1. The Bertz CT molecular complexity index is 907. The molecule has 152 valence electrons. The van der Waals surface area contributed by atoms with Gasteiger partial charge in [0.2, 0.25) is 0 Å². The maximum Gasteiger partial charge on any atom is 0.194 e. The molecule has 8 heteroatoms. The predicted octanol–water partition coefficient (Wildman–Crippen LogP) is 3.25. The number of aliphatic imine (C=N–C) groups is 1. The van der Waals surface area contributed by atoms with E-state index in [0.29, 0.717) is 6.54 Å². The van der Waals surface area contributed by atoms with Crippen LogP contribution in [0.5, 0.6) is 0 Å². The summed E-state index contributed by atoms with van der Waals surface area (Å²) in [6, 6.07) is 18.0. The fourth-order valence-corrected chi connectivity index (χ4v) is 3.32. The van der Waals surface area contributed by atoms with Gasteiger partial charge in [0, 0.05) is 51.1 Å². The summed E-state index contributed by atoms with van der Waals surface area (Å²) < 4.78 is 5.47. The lowest BCUT2D eigenvalue weighted by molar-refractivity contribution is 0.370. The Morgan fingerprint density at radius 1 is 1.07 bits per heavy atom. The minimum atomic E-state index is 0. The van der Waals surface area contributed by atoms with Crippen LogP contribution in [0.4, 0.5) is 5.82 Å². The van der Waals surface area contributed by atoms with Crippen molar-refractivity contribution in [3.8, 4) is 11.3 Å². The Hall–Kier alpha value is -2.62. The lowest BCUT2D eigenvalue weighted by atomic mass is 10.2. The van der Waals surface area contributed by atoms with E-state index in [9.17, 15) is 0 Å². The van der Waals surface area contributed by atoms with Crippen molar-refractivity contribution >= 4 is 35.8 Å². The highest BCUT2D eigenvalue weighted by Gasteiger charge is 2.20. The first-order chi connectivity index (χ1) is 13.8. The lowest BCUT2D eigenvalue weighted by Gasteiger charge is -2.37. The summed E-state index contributed by atoms with van der Waals surface area (Å²) in [7, 11) is 1.81. The molecule has 1 aliphatic rings. The van der Waals surface area contributed by atoms with Gasteiger partial charge in [-0.15, -0.1) is 24.0 Å². The first-order valence-electron chi connectivity index (χ1n) is 9.46. The molecule has 0 bridgehead atoms. The van der Waals surface area contributed by atoms with Crippen LogP contribution in [0.1, 0.15) is 5.69 Å². The third kappa shape index (κ3) is 5.26. The predicted molar refractivity (Wildman–Crippen MR) is 126 cm³/mol. The molecule has 0 atom stereocenters. The quantitative estimate of drug-likeness (QED) is 0.334. The van der Waals surface area contributed by atoms with Gasteiger partial charge in [0.15, 0.2) is 11.7 Å². The molecule has 1 fully saturated rings. The number of aromatic nitrogens is 2. The summed E-state index contributed by atoms with van der Waals surface area (Å²) in [6.07, 6.45) is 1.84. The molecule has 0 radical (unpaired) electrons. The first kappa shape index (κ1) is 21.1. The van der Waals surface area contributed by atoms with Gasteiger partial charge in [-0.3, -0.25) is 4.99 Å². The third-order valence-electron chi connectivity index (χ3n) is 4.81. The Balaban J connectivity index is 0.00000240. The van der Waals surface area contributed by atoms with Crippen LogP contribution in [-0.4, -0.2) is 54.2 Å². The standard InChI is InChI=1S/C21H24N6O.HI/c1-22-21(27-13-11-26(12-14-27)20-9-5-6-10-23-20)24-16-18-15-19(28-25-18)17-7-3-2-4-8-17;/h2-10,15H,11-14,16H2,1H3,(H,22,24);1H. The van der Waals surface area contributed by atoms with Crippen molar-refractivity contribution < 1.29 is 4.52 Å². The summed E-state index contributed by atoms with van der Waals surface area (Å²) >= 11 is 0. The molecule has 1 aromatic carbocycles. The SMILES string of the molecule is CN=C(NCc1cc(-c2ccccc2)on1)N1CCN(c2ccccn2)CC1.I. The summed E-state index contributed by atoms with van der Waals surface area (Å²) in [5.74, 6) is 2.68. The number of pyridine rings is 1. The molecule has 29 heavy (non-hydrogen) atoms. The largest absolute Gasteiger partial charge is 0.356 e. The highest BCUT2D eigenvalue weighted by molar-refractivity contribution is 14.0. The molecule has 1 N–H and O–H groups in total. The summed E-state index contributed by atoms with van der Waals surface area (Å²) in [5, 5.41) is 7.56. The van der Waals surface area contributed by atoms with Gasteiger partial charge in [-0.05, 0) is 12.1 Å². The summed E-state index contributed by atoms with van der Waals surface area (Å²) in [6.45, 7) is 4.19. The number of hydrogen-bond donors (Lipinski definition) is 1. The van der Waals surface area contributed by atoms with Gasteiger partial charge in [0.1, 0.15) is 11.5 Å². The van der Waals surface area contributed by atoms with Crippen LogP contribution in [0.25, 0.3) is 11.3 Å². The fourth-order valence-electron chi connectivity index (χ4n) is 3.32. The molecular weight excluding hydrogens is 479 g/mol. The molecule has 0 unspecified atom stereocenters. The number of nitrogens with zero attached hydrogens (tertiary/aromatic N) is 5. The van der Waals surface area contributed by atoms with Crippen molar-refractivity contribution in [1.29, 1.82) is 0 Å². The van der Waals surface area contributed by atoms with E-state index >= 15 is 0 Å². The average Bonchev–Trinajstić information content (AvgIpc) is 3.25. The van der Waals surface area contributed by atoms with E-state index in [1.165, 1.54) is 0 Å². The van der Waals surface area contributed by atoms with Crippen LogP contribution in [0.15, 0.2) is 70.3 Å². The molecule has 1 saturated heterocycles. The minimum absolute atomic E-state index is 0. The Kier molecular flexibility index (Phi) is 7.45. The van der Waals surface area contributed by atoms with E-state index in [-0.39, 0.29) is 24.0 Å². The second kappa shape index (κ2) is 10.2. The van der Waals surface area contributed by atoms with Gasteiger partial charge < -0.3 is 19.6 Å². The molecule has 1 aliphatic heterocycles. The van der Waals surface area contributed by atoms with Gasteiger partial charge in [-0.25, -0.2) is 4.98 Å². The second-order valence-corrected chi connectivity index (χ2v) is 6.61. The van der Waals surface area contributed by atoms with Crippen molar-refractivity contribution in [2.45, 2.75) is 6.54 Å². The van der Waals surface area contributed by atoms with Crippen molar-refractivity contribution in [3.05, 3.63) is 66.5 Å². The third-order valence-corrected chi connectivity index (χ3v) is 4.81. The van der Waals surface area contributed by atoms with Gasteiger partial charge in [-0.1, -0.05) is 41.6 Å². The highest BCUT2D eigenvalue weighted by atomic mass is 127. The van der Waals surface area contributed by atoms with Crippen LogP contribution >= 0.6 is 24.0 Å². The molecule has 4 rings (SSSR count). The topological polar surface area (TPSA) is 69.8 Å². The molecule has 0 spiro atoms. The van der Waals surface area contributed by atoms with E-state index in [1.807, 2.05) is 61.8 Å². The zero-order valence-electron chi connectivity index (χ0n) is 16.4. The molecule has 3 heterocycles. The number of nitrogens with one attached hydrogen (secondary N) is 1. The van der Waals surface area contributed by atoms with Crippen LogP contribution in [0, 0.1) is 0 Å². The van der Waals surface area contributed by atoms with Gasteiger partial charge in [-0.2, -0.15) is 0 Å². The van der Waals surface area contributed by atoms with Crippen molar-refractivity contribution in [3.63, 3.8) is 0 Å².